The molecule has 18 heavy (non-hydrogen) atoms. The molecule has 0 fully saturated rings. The zero-order chi connectivity index (χ0) is 13.0. The van der Waals surface area contributed by atoms with Crippen molar-refractivity contribution in [3.63, 3.8) is 0 Å². The lowest BCUT2D eigenvalue weighted by Crippen LogP contribution is -1.94. The maximum absolute atomic E-state index is 10.4. The van der Waals surface area contributed by atoms with Crippen molar-refractivity contribution in [3.8, 4) is 14.8 Å². The van der Waals surface area contributed by atoms with Gasteiger partial charge in [-0.2, -0.15) is 0 Å². The minimum Gasteiger partial charge on any atom is -0.487 e. The molecule has 2 rings (SSSR count). The number of thiophene rings is 2. The monoisotopic (exact) mass is 282 g/mol. The van der Waals surface area contributed by atoms with Crippen LogP contribution in [0.2, 0.25) is 0 Å². The Hall–Kier alpha value is -1.33. The summed E-state index contributed by atoms with van der Waals surface area (Å²) in [6, 6.07) is 8.18. The summed E-state index contributed by atoms with van der Waals surface area (Å²) in [6.45, 7) is 0. The van der Waals surface area contributed by atoms with Crippen LogP contribution in [0.3, 0.4) is 0 Å². The summed E-state index contributed by atoms with van der Waals surface area (Å²) in [5.74, 6) is -0.727. The van der Waals surface area contributed by atoms with E-state index in [1.165, 1.54) is 14.6 Å². The van der Waals surface area contributed by atoms with Crippen LogP contribution in [-0.2, 0) is 11.2 Å². The lowest BCUT2D eigenvalue weighted by Gasteiger charge is -1.94. The molecule has 96 valence electrons. The Morgan fingerprint density at radius 1 is 1.22 bits per heavy atom. The predicted molar refractivity (Wildman–Crippen MR) is 74.8 cm³/mol. The van der Waals surface area contributed by atoms with Gasteiger partial charge in [-0.05, 0) is 37.1 Å². The van der Waals surface area contributed by atoms with Gasteiger partial charge >= 0.3 is 5.97 Å². The lowest BCUT2D eigenvalue weighted by atomic mass is 10.2. The van der Waals surface area contributed by atoms with Gasteiger partial charge in [-0.1, -0.05) is 11.3 Å². The third-order valence-corrected chi connectivity index (χ3v) is 4.89. The van der Waals surface area contributed by atoms with E-state index in [4.69, 9.17) is 9.84 Å². The number of carbonyl (C=O) groups is 1. The maximum atomic E-state index is 10.4. The quantitative estimate of drug-likeness (QED) is 0.874. The first-order chi connectivity index (χ1) is 8.69. The van der Waals surface area contributed by atoms with Gasteiger partial charge in [0.15, 0.2) is 5.06 Å². The molecule has 3 nitrogen and oxygen atoms in total. The highest BCUT2D eigenvalue weighted by atomic mass is 32.1. The summed E-state index contributed by atoms with van der Waals surface area (Å²) in [7, 11) is 1.67. The molecule has 0 spiro atoms. The van der Waals surface area contributed by atoms with Gasteiger partial charge in [0.05, 0.1) is 7.11 Å². The van der Waals surface area contributed by atoms with Crippen molar-refractivity contribution in [3.05, 3.63) is 29.1 Å². The molecular formula is C13H14O3S2. The number of hydrogen-bond donors (Lipinski definition) is 1. The van der Waals surface area contributed by atoms with E-state index in [1.807, 2.05) is 6.07 Å². The van der Waals surface area contributed by atoms with Crippen LogP contribution in [0.5, 0.6) is 5.06 Å². The zero-order valence-electron chi connectivity index (χ0n) is 10.0. The molecule has 0 radical (unpaired) electrons. The fourth-order valence-electron chi connectivity index (χ4n) is 1.62. The molecule has 1 N–H and O–H groups in total. The number of rotatable bonds is 6. The van der Waals surface area contributed by atoms with Gasteiger partial charge in [-0.25, -0.2) is 0 Å². The highest BCUT2D eigenvalue weighted by molar-refractivity contribution is 7.23. The molecule has 0 saturated heterocycles. The van der Waals surface area contributed by atoms with Crippen molar-refractivity contribution < 1.29 is 14.6 Å². The summed E-state index contributed by atoms with van der Waals surface area (Å²) < 4.78 is 5.17. The number of aryl methyl sites for hydroxylation is 1. The minimum absolute atomic E-state index is 0.236. The van der Waals surface area contributed by atoms with Crippen molar-refractivity contribution in [1.82, 2.24) is 0 Å². The average Bonchev–Trinajstić information content (AvgIpc) is 2.95. The molecule has 0 aromatic carbocycles. The van der Waals surface area contributed by atoms with Crippen LogP contribution in [0.4, 0.5) is 0 Å². The molecule has 0 unspecified atom stereocenters. The van der Waals surface area contributed by atoms with Crippen LogP contribution in [0, 0.1) is 0 Å². The Morgan fingerprint density at radius 2 is 1.94 bits per heavy atom. The molecule has 0 bridgehead atoms. The van der Waals surface area contributed by atoms with Gasteiger partial charge < -0.3 is 9.84 Å². The SMILES string of the molecule is COc1ccc(-c2ccc(CCCC(=O)O)s2)s1. The van der Waals surface area contributed by atoms with E-state index < -0.39 is 5.97 Å². The Kier molecular flexibility index (Phi) is 4.38. The van der Waals surface area contributed by atoms with Crippen LogP contribution in [0.15, 0.2) is 24.3 Å². The molecule has 2 aromatic rings. The minimum atomic E-state index is -0.727. The molecule has 0 amide bonds. The van der Waals surface area contributed by atoms with E-state index in [0.29, 0.717) is 6.42 Å². The van der Waals surface area contributed by atoms with E-state index in [-0.39, 0.29) is 6.42 Å². The number of hydrogen-bond acceptors (Lipinski definition) is 4. The Labute approximate surface area is 114 Å². The summed E-state index contributed by atoms with van der Waals surface area (Å²) >= 11 is 3.35. The highest BCUT2D eigenvalue weighted by Crippen LogP contribution is 2.36. The van der Waals surface area contributed by atoms with E-state index in [9.17, 15) is 4.79 Å². The second kappa shape index (κ2) is 6.02. The molecular weight excluding hydrogens is 268 g/mol. The summed E-state index contributed by atoms with van der Waals surface area (Å²) in [5, 5.41) is 9.50. The molecule has 0 aliphatic rings. The summed E-state index contributed by atoms with van der Waals surface area (Å²) in [4.78, 5) is 14.1. The molecule has 5 heteroatoms. The number of carboxylic acid groups (broad SMARTS) is 1. The molecule has 2 heterocycles. The van der Waals surface area contributed by atoms with Crippen LogP contribution in [0.1, 0.15) is 17.7 Å². The van der Waals surface area contributed by atoms with Crippen molar-refractivity contribution in [2.24, 2.45) is 0 Å². The van der Waals surface area contributed by atoms with Crippen LogP contribution in [-0.4, -0.2) is 18.2 Å². The van der Waals surface area contributed by atoms with Crippen molar-refractivity contribution in [2.75, 3.05) is 7.11 Å². The van der Waals surface area contributed by atoms with E-state index in [1.54, 1.807) is 29.8 Å². The topological polar surface area (TPSA) is 46.5 Å². The maximum Gasteiger partial charge on any atom is 0.303 e. The largest absolute Gasteiger partial charge is 0.487 e. The zero-order valence-corrected chi connectivity index (χ0v) is 11.6. The van der Waals surface area contributed by atoms with E-state index in [2.05, 4.69) is 18.2 Å². The Balaban J connectivity index is 1.99. The second-order valence-corrected chi connectivity index (χ2v) is 6.05. The average molecular weight is 282 g/mol. The van der Waals surface area contributed by atoms with Gasteiger partial charge in [0.25, 0.3) is 0 Å². The first-order valence-electron chi connectivity index (χ1n) is 5.64. The highest BCUT2D eigenvalue weighted by Gasteiger charge is 2.07. The second-order valence-electron chi connectivity index (χ2n) is 3.84. The fraction of sp³-hybridized carbons (Fsp3) is 0.308. The van der Waals surface area contributed by atoms with Gasteiger partial charge in [0.2, 0.25) is 0 Å². The lowest BCUT2D eigenvalue weighted by molar-refractivity contribution is -0.137. The number of carboxylic acids is 1. The molecule has 0 atom stereocenters. The number of methoxy groups -OCH3 is 1. The van der Waals surface area contributed by atoms with Crippen molar-refractivity contribution in [2.45, 2.75) is 19.3 Å². The Bertz CT molecular complexity index is 528. The molecule has 2 aromatic heterocycles. The third-order valence-electron chi connectivity index (χ3n) is 2.50. The van der Waals surface area contributed by atoms with Gasteiger partial charge in [-0.3, -0.25) is 4.79 Å². The van der Waals surface area contributed by atoms with Gasteiger partial charge in [-0.15, -0.1) is 11.3 Å². The molecule has 0 aliphatic carbocycles. The van der Waals surface area contributed by atoms with Crippen molar-refractivity contribution in [1.29, 1.82) is 0 Å². The smallest absolute Gasteiger partial charge is 0.303 e. The molecule has 0 aliphatic heterocycles. The van der Waals surface area contributed by atoms with E-state index in [0.717, 1.165) is 11.5 Å². The van der Waals surface area contributed by atoms with Gasteiger partial charge in [0.1, 0.15) is 0 Å². The number of aliphatic carboxylic acids is 1. The van der Waals surface area contributed by atoms with Crippen LogP contribution < -0.4 is 4.74 Å². The van der Waals surface area contributed by atoms with Gasteiger partial charge in [0, 0.05) is 21.1 Å². The van der Waals surface area contributed by atoms with E-state index >= 15 is 0 Å². The first kappa shape index (κ1) is 13.1. The third kappa shape index (κ3) is 3.34. The molecule has 0 saturated carbocycles. The Morgan fingerprint density at radius 3 is 2.61 bits per heavy atom. The van der Waals surface area contributed by atoms with Crippen LogP contribution >= 0.6 is 22.7 Å². The van der Waals surface area contributed by atoms with Crippen molar-refractivity contribution >= 4 is 28.6 Å². The summed E-state index contributed by atoms with van der Waals surface area (Å²) in [6.07, 6.45) is 1.77. The normalized spacial score (nSPS) is 10.5. The predicted octanol–water partition coefficient (Wildman–Crippen LogP) is 3.89. The fourth-order valence-corrected chi connectivity index (χ4v) is 3.58. The number of ether oxygens (including phenoxy) is 1. The standard InChI is InChI=1S/C13H14O3S2/c1-16-13-8-7-11(18-13)10-6-5-9(17-10)3-2-4-12(14)15/h5-8H,2-4H2,1H3,(H,14,15). The summed E-state index contributed by atoms with van der Waals surface area (Å²) in [5.41, 5.74) is 0. The van der Waals surface area contributed by atoms with Crippen LogP contribution in [0.25, 0.3) is 9.75 Å². The first-order valence-corrected chi connectivity index (χ1v) is 7.27.